The number of hydrogen-bond acceptors (Lipinski definition) is 5. The third-order valence-electron chi connectivity index (χ3n) is 3.99. The Balaban J connectivity index is 1.64. The van der Waals surface area contributed by atoms with E-state index < -0.39 is 5.91 Å². The molecule has 27 heavy (non-hydrogen) atoms. The van der Waals surface area contributed by atoms with Gasteiger partial charge in [0.25, 0.3) is 5.91 Å². The van der Waals surface area contributed by atoms with E-state index in [0.29, 0.717) is 22.9 Å². The van der Waals surface area contributed by atoms with E-state index in [0.717, 1.165) is 10.8 Å². The second kappa shape index (κ2) is 8.18. The van der Waals surface area contributed by atoms with Crippen molar-refractivity contribution in [2.45, 2.75) is 0 Å². The molecule has 0 unspecified atom stereocenters. The number of hydrogen-bond donors (Lipinski definition) is 2. The molecule has 138 valence electrons. The first kappa shape index (κ1) is 18.2. The molecule has 1 aromatic heterocycles. The molecule has 3 rings (SSSR count). The predicted molar refractivity (Wildman–Crippen MR) is 102 cm³/mol. The van der Waals surface area contributed by atoms with Crippen molar-refractivity contribution < 1.29 is 19.1 Å². The van der Waals surface area contributed by atoms with Gasteiger partial charge >= 0.3 is 0 Å². The van der Waals surface area contributed by atoms with E-state index in [1.165, 1.54) is 14.2 Å². The predicted octanol–water partition coefficient (Wildman–Crippen LogP) is 2.62. The fourth-order valence-electron chi connectivity index (χ4n) is 2.64. The minimum absolute atomic E-state index is 0.182. The van der Waals surface area contributed by atoms with E-state index in [-0.39, 0.29) is 12.5 Å². The van der Waals surface area contributed by atoms with E-state index in [4.69, 9.17) is 9.47 Å². The highest BCUT2D eigenvalue weighted by atomic mass is 16.5. The average molecular weight is 365 g/mol. The lowest BCUT2D eigenvalue weighted by Gasteiger charge is -2.10. The van der Waals surface area contributed by atoms with Gasteiger partial charge in [0.2, 0.25) is 5.91 Å². The van der Waals surface area contributed by atoms with Crippen LogP contribution < -0.4 is 20.1 Å². The molecular weight excluding hydrogens is 346 g/mol. The van der Waals surface area contributed by atoms with Gasteiger partial charge in [-0.15, -0.1) is 0 Å². The maximum absolute atomic E-state index is 12.3. The summed E-state index contributed by atoms with van der Waals surface area (Å²) < 4.78 is 10.3. The van der Waals surface area contributed by atoms with Crippen LogP contribution in [0.5, 0.6) is 11.5 Å². The summed E-state index contributed by atoms with van der Waals surface area (Å²) in [6, 6.07) is 14.2. The summed E-state index contributed by atoms with van der Waals surface area (Å²) >= 11 is 0. The molecule has 1 heterocycles. The van der Waals surface area contributed by atoms with Gasteiger partial charge in [-0.05, 0) is 29.7 Å². The number of rotatable bonds is 6. The van der Waals surface area contributed by atoms with E-state index in [1.807, 2.05) is 30.3 Å². The van der Waals surface area contributed by atoms with Crippen LogP contribution in [-0.2, 0) is 4.79 Å². The normalized spacial score (nSPS) is 10.3. The monoisotopic (exact) mass is 365 g/mol. The number of nitrogens with zero attached hydrogens (tertiary/aromatic N) is 1. The molecule has 0 aliphatic rings. The van der Waals surface area contributed by atoms with Crippen LogP contribution >= 0.6 is 0 Å². The van der Waals surface area contributed by atoms with Crippen molar-refractivity contribution in [2.75, 3.05) is 26.1 Å². The number of ether oxygens (including phenoxy) is 2. The Bertz CT molecular complexity index is 983. The molecule has 3 aromatic rings. The van der Waals surface area contributed by atoms with Crippen LogP contribution in [0.3, 0.4) is 0 Å². The number of nitrogens with one attached hydrogen (secondary N) is 2. The highest BCUT2D eigenvalue weighted by Gasteiger charge is 2.13. The average Bonchev–Trinajstić information content (AvgIpc) is 2.71. The molecule has 0 atom stereocenters. The number of methoxy groups -OCH3 is 2. The van der Waals surface area contributed by atoms with Gasteiger partial charge in [-0.3, -0.25) is 9.59 Å². The van der Waals surface area contributed by atoms with Crippen LogP contribution in [0.2, 0.25) is 0 Å². The standard InChI is InChI=1S/C20H19N3O4/c1-26-16-8-7-14(11-17(16)27-2)20(25)22-12-18(24)23-19-15-6-4-3-5-13(15)9-10-21-19/h3-11H,12H2,1-2H3,(H,22,25)(H,21,23,24). The lowest BCUT2D eigenvalue weighted by molar-refractivity contribution is -0.115. The van der Waals surface area contributed by atoms with Gasteiger partial charge in [0.05, 0.1) is 20.8 Å². The van der Waals surface area contributed by atoms with E-state index in [2.05, 4.69) is 15.6 Å². The molecular formula is C20H19N3O4. The number of carbonyl (C=O) groups is 2. The largest absolute Gasteiger partial charge is 0.493 e. The number of amides is 2. The second-order valence-electron chi connectivity index (χ2n) is 5.68. The van der Waals surface area contributed by atoms with Gasteiger partial charge in [-0.2, -0.15) is 0 Å². The zero-order chi connectivity index (χ0) is 19.2. The van der Waals surface area contributed by atoms with Gasteiger partial charge < -0.3 is 20.1 Å². The third-order valence-corrected chi connectivity index (χ3v) is 3.99. The highest BCUT2D eigenvalue weighted by molar-refractivity contribution is 6.03. The van der Waals surface area contributed by atoms with Crippen molar-refractivity contribution in [1.29, 1.82) is 0 Å². The van der Waals surface area contributed by atoms with E-state index >= 15 is 0 Å². The number of fused-ring (bicyclic) bond motifs is 1. The van der Waals surface area contributed by atoms with Crippen LogP contribution in [-0.4, -0.2) is 37.6 Å². The molecule has 7 heteroatoms. The third kappa shape index (κ3) is 4.14. The summed E-state index contributed by atoms with van der Waals surface area (Å²) in [5.41, 5.74) is 0.365. The summed E-state index contributed by atoms with van der Waals surface area (Å²) in [7, 11) is 3.01. The fourth-order valence-corrected chi connectivity index (χ4v) is 2.64. The quantitative estimate of drug-likeness (QED) is 0.701. The molecule has 0 saturated carbocycles. The molecule has 2 amide bonds. The van der Waals surface area contributed by atoms with Gasteiger partial charge in [0, 0.05) is 17.1 Å². The Labute approximate surface area is 156 Å². The zero-order valence-electron chi connectivity index (χ0n) is 15.0. The molecule has 0 saturated heterocycles. The Morgan fingerprint density at radius 1 is 1.00 bits per heavy atom. The number of anilines is 1. The molecule has 2 aromatic carbocycles. The van der Waals surface area contributed by atoms with E-state index in [9.17, 15) is 9.59 Å². The first-order valence-corrected chi connectivity index (χ1v) is 8.26. The Morgan fingerprint density at radius 3 is 2.56 bits per heavy atom. The molecule has 0 fully saturated rings. The summed E-state index contributed by atoms with van der Waals surface area (Å²) in [6.07, 6.45) is 1.63. The van der Waals surface area contributed by atoms with Gasteiger partial charge in [0.1, 0.15) is 5.82 Å². The Kier molecular flexibility index (Phi) is 5.51. The minimum atomic E-state index is -0.392. The summed E-state index contributed by atoms with van der Waals surface area (Å²) in [5.74, 6) is 0.659. The topological polar surface area (TPSA) is 89.5 Å². The van der Waals surface area contributed by atoms with Gasteiger partial charge in [-0.1, -0.05) is 24.3 Å². The van der Waals surface area contributed by atoms with Crippen LogP contribution in [0.1, 0.15) is 10.4 Å². The number of aromatic nitrogens is 1. The molecule has 0 aliphatic heterocycles. The van der Waals surface area contributed by atoms with Gasteiger partial charge in [-0.25, -0.2) is 4.98 Å². The second-order valence-corrected chi connectivity index (χ2v) is 5.68. The maximum Gasteiger partial charge on any atom is 0.251 e. The van der Waals surface area contributed by atoms with Gasteiger partial charge in [0.15, 0.2) is 11.5 Å². The zero-order valence-corrected chi connectivity index (χ0v) is 15.0. The van der Waals surface area contributed by atoms with Crippen LogP contribution in [0.15, 0.2) is 54.7 Å². The molecule has 0 aliphatic carbocycles. The van der Waals surface area contributed by atoms with Crippen molar-refractivity contribution in [3.8, 4) is 11.5 Å². The van der Waals surface area contributed by atoms with Crippen molar-refractivity contribution in [3.63, 3.8) is 0 Å². The van der Waals surface area contributed by atoms with Crippen LogP contribution in [0.25, 0.3) is 10.8 Å². The van der Waals surface area contributed by atoms with E-state index in [1.54, 1.807) is 24.4 Å². The van der Waals surface area contributed by atoms with Crippen molar-refractivity contribution in [2.24, 2.45) is 0 Å². The smallest absolute Gasteiger partial charge is 0.251 e. The molecule has 0 spiro atoms. The molecule has 2 N–H and O–H groups in total. The fraction of sp³-hybridized carbons (Fsp3) is 0.150. The maximum atomic E-state index is 12.3. The Morgan fingerprint density at radius 2 is 1.78 bits per heavy atom. The number of pyridine rings is 1. The molecule has 0 radical (unpaired) electrons. The first-order valence-electron chi connectivity index (χ1n) is 8.26. The summed E-state index contributed by atoms with van der Waals surface area (Å²) in [6.45, 7) is -0.182. The number of carbonyl (C=O) groups excluding carboxylic acids is 2. The molecule has 0 bridgehead atoms. The lowest BCUT2D eigenvalue weighted by Crippen LogP contribution is -2.33. The first-order chi connectivity index (χ1) is 13.1. The number of benzene rings is 2. The summed E-state index contributed by atoms with van der Waals surface area (Å²) in [5, 5.41) is 7.11. The van der Waals surface area contributed by atoms with Crippen molar-refractivity contribution in [3.05, 3.63) is 60.3 Å². The SMILES string of the molecule is COc1ccc(C(=O)NCC(=O)Nc2nccc3ccccc23)cc1OC. The van der Waals surface area contributed by atoms with Crippen LogP contribution in [0.4, 0.5) is 5.82 Å². The summed E-state index contributed by atoms with van der Waals surface area (Å²) in [4.78, 5) is 28.7. The van der Waals surface area contributed by atoms with Crippen molar-refractivity contribution in [1.82, 2.24) is 10.3 Å². The van der Waals surface area contributed by atoms with Crippen molar-refractivity contribution >= 4 is 28.4 Å². The van der Waals surface area contributed by atoms with Crippen LogP contribution in [0, 0.1) is 0 Å². The molecule has 7 nitrogen and oxygen atoms in total. The lowest BCUT2D eigenvalue weighted by atomic mass is 10.1. The highest BCUT2D eigenvalue weighted by Crippen LogP contribution is 2.27. The Hall–Kier alpha value is -3.61. The minimum Gasteiger partial charge on any atom is -0.493 e.